The SMILES string of the molecule is Cc1cc(-c2noc(-c3cc(-c4ccccc4)n(C)n3)n2)cc(C)c1OCCBr. The number of aryl methyl sites for hydroxylation is 3. The normalized spacial score (nSPS) is 11.0. The lowest BCUT2D eigenvalue weighted by Crippen LogP contribution is -2.01. The molecular weight excluding hydrogens is 432 g/mol. The zero-order chi connectivity index (χ0) is 20.4. The Balaban J connectivity index is 1.64. The van der Waals surface area contributed by atoms with E-state index in [1.165, 1.54) is 0 Å². The van der Waals surface area contributed by atoms with Gasteiger partial charge in [-0.1, -0.05) is 51.4 Å². The Morgan fingerprint density at radius 2 is 1.76 bits per heavy atom. The van der Waals surface area contributed by atoms with E-state index < -0.39 is 0 Å². The van der Waals surface area contributed by atoms with E-state index in [1.54, 1.807) is 0 Å². The van der Waals surface area contributed by atoms with Crippen LogP contribution in [0.4, 0.5) is 0 Å². The Morgan fingerprint density at radius 3 is 2.45 bits per heavy atom. The summed E-state index contributed by atoms with van der Waals surface area (Å²) < 4.78 is 13.1. The maximum Gasteiger partial charge on any atom is 0.278 e. The van der Waals surface area contributed by atoms with Gasteiger partial charge in [0.05, 0.1) is 12.3 Å². The van der Waals surface area contributed by atoms with Crippen molar-refractivity contribution in [1.29, 1.82) is 0 Å². The molecule has 0 bridgehead atoms. The molecule has 148 valence electrons. The summed E-state index contributed by atoms with van der Waals surface area (Å²) in [6.07, 6.45) is 0. The maximum absolute atomic E-state index is 5.82. The van der Waals surface area contributed by atoms with Crippen molar-refractivity contribution in [2.45, 2.75) is 13.8 Å². The van der Waals surface area contributed by atoms with E-state index in [-0.39, 0.29) is 0 Å². The fourth-order valence-electron chi connectivity index (χ4n) is 3.34. The molecule has 0 N–H and O–H groups in total. The number of aromatic nitrogens is 4. The Morgan fingerprint density at radius 1 is 1.03 bits per heavy atom. The molecule has 0 aliphatic heterocycles. The first-order valence-electron chi connectivity index (χ1n) is 9.30. The van der Waals surface area contributed by atoms with Gasteiger partial charge in [0, 0.05) is 17.9 Å². The monoisotopic (exact) mass is 452 g/mol. The molecule has 7 heteroatoms. The topological polar surface area (TPSA) is 66.0 Å². The number of benzene rings is 2. The van der Waals surface area contributed by atoms with E-state index in [1.807, 2.05) is 74.1 Å². The van der Waals surface area contributed by atoms with Crippen LogP contribution >= 0.6 is 15.9 Å². The van der Waals surface area contributed by atoms with Crippen LogP contribution in [0.3, 0.4) is 0 Å². The summed E-state index contributed by atoms with van der Waals surface area (Å²) >= 11 is 3.39. The Bertz CT molecular complexity index is 1110. The van der Waals surface area contributed by atoms with Crippen LogP contribution in [-0.2, 0) is 7.05 Å². The summed E-state index contributed by atoms with van der Waals surface area (Å²) in [6.45, 7) is 4.66. The van der Waals surface area contributed by atoms with Crippen molar-refractivity contribution >= 4 is 15.9 Å². The van der Waals surface area contributed by atoms with Crippen LogP contribution in [-0.4, -0.2) is 31.9 Å². The third-order valence-corrected chi connectivity index (χ3v) is 4.96. The summed E-state index contributed by atoms with van der Waals surface area (Å²) in [5.74, 6) is 1.83. The summed E-state index contributed by atoms with van der Waals surface area (Å²) in [6, 6.07) is 16.1. The number of hydrogen-bond acceptors (Lipinski definition) is 5. The highest BCUT2D eigenvalue weighted by atomic mass is 79.9. The van der Waals surface area contributed by atoms with Crippen molar-refractivity contribution in [3.8, 4) is 40.0 Å². The van der Waals surface area contributed by atoms with Crippen LogP contribution < -0.4 is 4.74 Å². The number of ether oxygens (including phenoxy) is 1. The van der Waals surface area contributed by atoms with Crippen LogP contribution in [0, 0.1) is 13.8 Å². The lowest BCUT2D eigenvalue weighted by atomic mass is 10.1. The summed E-state index contributed by atoms with van der Waals surface area (Å²) in [5.41, 5.74) is 5.68. The molecule has 6 nitrogen and oxygen atoms in total. The van der Waals surface area contributed by atoms with Crippen LogP contribution in [0.5, 0.6) is 5.75 Å². The number of hydrogen-bond donors (Lipinski definition) is 0. The highest BCUT2D eigenvalue weighted by Gasteiger charge is 2.17. The van der Waals surface area contributed by atoms with Crippen molar-refractivity contribution in [1.82, 2.24) is 19.9 Å². The lowest BCUT2D eigenvalue weighted by molar-refractivity contribution is 0.340. The Kier molecular flexibility index (Phi) is 5.49. The highest BCUT2D eigenvalue weighted by Crippen LogP contribution is 2.31. The summed E-state index contributed by atoms with van der Waals surface area (Å²) in [7, 11) is 1.90. The highest BCUT2D eigenvalue weighted by molar-refractivity contribution is 9.09. The lowest BCUT2D eigenvalue weighted by Gasteiger charge is -2.12. The molecule has 0 spiro atoms. The first-order chi connectivity index (χ1) is 14.1. The minimum atomic E-state index is 0.396. The number of alkyl halides is 1. The minimum Gasteiger partial charge on any atom is -0.492 e. The molecule has 0 aliphatic carbocycles. The van der Waals surface area contributed by atoms with Gasteiger partial charge in [-0.05, 0) is 48.7 Å². The van der Waals surface area contributed by atoms with Crippen LogP contribution in [0.1, 0.15) is 11.1 Å². The van der Waals surface area contributed by atoms with Crippen molar-refractivity contribution in [3.05, 3.63) is 59.7 Å². The first kappa shape index (κ1) is 19.4. The van der Waals surface area contributed by atoms with Crippen molar-refractivity contribution < 1.29 is 9.26 Å². The fraction of sp³-hybridized carbons (Fsp3) is 0.227. The van der Waals surface area contributed by atoms with Crippen LogP contribution in [0.25, 0.3) is 34.2 Å². The average molecular weight is 453 g/mol. The third kappa shape index (κ3) is 3.96. The van der Waals surface area contributed by atoms with Crippen LogP contribution in [0.15, 0.2) is 53.1 Å². The molecule has 0 aliphatic rings. The Labute approximate surface area is 177 Å². The minimum absolute atomic E-state index is 0.396. The molecular formula is C22H21BrN4O2. The second-order valence-corrected chi connectivity index (χ2v) is 7.60. The Hall–Kier alpha value is -2.93. The fourth-order valence-corrected chi connectivity index (χ4v) is 3.51. The predicted octanol–water partition coefficient (Wildman–Crippen LogP) is 5.19. The molecule has 0 radical (unpaired) electrons. The zero-order valence-electron chi connectivity index (χ0n) is 16.5. The molecule has 4 aromatic rings. The van der Waals surface area contributed by atoms with Gasteiger partial charge >= 0.3 is 0 Å². The molecule has 4 rings (SSSR count). The molecule has 2 heterocycles. The molecule has 0 amide bonds. The second kappa shape index (κ2) is 8.21. The zero-order valence-corrected chi connectivity index (χ0v) is 18.1. The third-order valence-electron chi connectivity index (χ3n) is 4.64. The number of halogens is 1. The standard InChI is InChI=1S/C22H21BrN4O2/c1-14-11-17(12-15(2)20(14)28-10-9-23)21-24-22(29-26-21)18-13-19(27(3)25-18)16-7-5-4-6-8-16/h4-8,11-13H,9-10H2,1-3H3. The molecule has 0 fully saturated rings. The van der Waals surface area contributed by atoms with Gasteiger partial charge in [-0.25, -0.2) is 0 Å². The van der Waals surface area contributed by atoms with E-state index in [4.69, 9.17) is 9.26 Å². The largest absolute Gasteiger partial charge is 0.492 e. The van der Waals surface area contributed by atoms with Crippen molar-refractivity contribution in [2.75, 3.05) is 11.9 Å². The second-order valence-electron chi connectivity index (χ2n) is 6.80. The predicted molar refractivity (Wildman–Crippen MR) is 116 cm³/mol. The number of nitrogens with zero attached hydrogens (tertiary/aromatic N) is 4. The van der Waals surface area contributed by atoms with E-state index in [2.05, 4.69) is 31.2 Å². The van der Waals surface area contributed by atoms with E-state index in [9.17, 15) is 0 Å². The first-order valence-corrected chi connectivity index (χ1v) is 10.4. The quantitative estimate of drug-likeness (QED) is 0.376. The maximum atomic E-state index is 5.82. The van der Waals surface area contributed by atoms with Crippen molar-refractivity contribution in [3.63, 3.8) is 0 Å². The summed E-state index contributed by atoms with van der Waals surface area (Å²) in [5, 5.41) is 9.50. The summed E-state index contributed by atoms with van der Waals surface area (Å²) in [4.78, 5) is 4.57. The molecule has 2 aromatic heterocycles. The molecule has 0 unspecified atom stereocenters. The van der Waals surface area contributed by atoms with Gasteiger partial charge in [-0.2, -0.15) is 10.1 Å². The van der Waals surface area contributed by atoms with E-state index in [0.29, 0.717) is 24.0 Å². The van der Waals surface area contributed by atoms with Crippen LogP contribution in [0.2, 0.25) is 0 Å². The molecule has 29 heavy (non-hydrogen) atoms. The molecule has 0 atom stereocenters. The van der Waals surface area contributed by atoms with Gasteiger partial charge in [0.1, 0.15) is 5.75 Å². The molecule has 0 saturated carbocycles. The molecule has 0 saturated heterocycles. The van der Waals surface area contributed by atoms with Gasteiger partial charge in [0.2, 0.25) is 5.82 Å². The molecule has 2 aromatic carbocycles. The van der Waals surface area contributed by atoms with E-state index >= 15 is 0 Å². The number of rotatable bonds is 6. The van der Waals surface area contributed by atoms with Gasteiger partial charge in [0.25, 0.3) is 5.89 Å². The van der Waals surface area contributed by atoms with E-state index in [0.717, 1.165) is 39.0 Å². The van der Waals surface area contributed by atoms with Crippen molar-refractivity contribution in [2.24, 2.45) is 7.05 Å². The smallest absolute Gasteiger partial charge is 0.278 e. The van der Waals surface area contributed by atoms with Gasteiger partial charge < -0.3 is 9.26 Å². The average Bonchev–Trinajstić information content (AvgIpc) is 3.35. The van der Waals surface area contributed by atoms with Gasteiger partial charge in [-0.3, -0.25) is 4.68 Å². The van der Waals surface area contributed by atoms with Gasteiger partial charge in [0.15, 0.2) is 5.69 Å². The van der Waals surface area contributed by atoms with Gasteiger partial charge in [-0.15, -0.1) is 0 Å².